The molecule has 0 aliphatic carbocycles. The van der Waals surface area contributed by atoms with Crippen molar-refractivity contribution >= 4 is 53.2 Å². The number of carbonyl (C=O) groups excluding carboxylic acids is 8. The van der Waals surface area contributed by atoms with Crippen LogP contribution in [0.4, 0.5) is 0 Å². The lowest BCUT2D eigenvalue weighted by atomic mass is 9.98. The molecule has 0 saturated heterocycles. The third-order valence-corrected chi connectivity index (χ3v) is 10.7. The molecule has 67 heavy (non-hydrogen) atoms. The quantitative estimate of drug-likeness (QED) is 0.0551. The highest BCUT2D eigenvalue weighted by Crippen LogP contribution is 2.14. The van der Waals surface area contributed by atoms with E-state index in [4.69, 9.17) is 5.73 Å². The summed E-state index contributed by atoms with van der Waals surface area (Å²) < 4.78 is 0. The van der Waals surface area contributed by atoms with Crippen LogP contribution in [0, 0.1) is 35.5 Å². The van der Waals surface area contributed by atoms with E-state index in [1.807, 2.05) is 55.4 Å². The van der Waals surface area contributed by atoms with Gasteiger partial charge in [-0.2, -0.15) is 0 Å². The normalized spacial score (nSPS) is 15.1. The fourth-order valence-electron chi connectivity index (χ4n) is 6.97. The summed E-state index contributed by atoms with van der Waals surface area (Å²) in [5.41, 5.74) is 6.77. The number of nitrogens with one attached hydrogen (secondary N) is 8. The van der Waals surface area contributed by atoms with Crippen molar-refractivity contribution in [1.29, 1.82) is 0 Å². The van der Waals surface area contributed by atoms with Gasteiger partial charge in [-0.25, -0.2) is 4.79 Å². The second-order valence-corrected chi connectivity index (χ2v) is 19.9. The minimum Gasteiger partial charge on any atom is -0.480 e. The monoisotopic (exact) mass is 944 g/mol. The van der Waals surface area contributed by atoms with Crippen LogP contribution >= 0.6 is 0 Å². The lowest BCUT2D eigenvalue weighted by Gasteiger charge is -2.29. The molecule has 0 aromatic heterocycles. The van der Waals surface area contributed by atoms with Crippen molar-refractivity contribution in [2.45, 2.75) is 170 Å². The Morgan fingerprint density at radius 1 is 0.463 bits per heavy atom. The number of carboxylic acid groups (broad SMARTS) is 1. The average molecular weight is 944 g/mol. The number of hydrogen-bond acceptors (Lipinski definition) is 10. The SMILES string of the molecule is CC(C)C[C@H](NC(=O)CNC(=O)[C@H](C)NC(=O)[C@@H](NC(=O)[C@H](CC(C)C)NC(=O)[C@H](Cc1ccccc1)NC(=O)[C@H](CC(C)C)NC(=O)[C@H](CC(C)C)NC(=O)[C@@H](N)C(C)C)C(C)C)C(=O)O. The Morgan fingerprint density at radius 3 is 1.28 bits per heavy atom. The summed E-state index contributed by atoms with van der Waals surface area (Å²) in [7, 11) is 0. The van der Waals surface area contributed by atoms with Crippen LogP contribution in [-0.2, 0) is 49.6 Å². The largest absolute Gasteiger partial charge is 0.480 e. The summed E-state index contributed by atoms with van der Waals surface area (Å²) in [4.78, 5) is 120. The Labute approximate surface area is 397 Å². The molecule has 19 nitrogen and oxygen atoms in total. The molecule has 0 heterocycles. The number of benzene rings is 1. The molecule has 378 valence electrons. The molecule has 1 aromatic rings. The van der Waals surface area contributed by atoms with E-state index in [2.05, 4.69) is 42.5 Å². The van der Waals surface area contributed by atoms with Gasteiger partial charge < -0.3 is 53.4 Å². The molecule has 0 saturated carbocycles. The molecule has 0 aliphatic rings. The van der Waals surface area contributed by atoms with Crippen LogP contribution in [0.2, 0.25) is 0 Å². The lowest BCUT2D eigenvalue weighted by molar-refractivity contribution is -0.142. The van der Waals surface area contributed by atoms with E-state index in [0.29, 0.717) is 5.56 Å². The highest BCUT2D eigenvalue weighted by atomic mass is 16.4. The Hall–Kier alpha value is -5.59. The van der Waals surface area contributed by atoms with Gasteiger partial charge in [-0.1, -0.05) is 113 Å². The first-order valence-electron chi connectivity index (χ1n) is 23.5. The van der Waals surface area contributed by atoms with Gasteiger partial charge in [0.25, 0.3) is 0 Å². The van der Waals surface area contributed by atoms with E-state index in [1.54, 1.807) is 58.0 Å². The summed E-state index contributed by atoms with van der Waals surface area (Å²) in [5.74, 6) is -7.36. The maximum absolute atomic E-state index is 14.3. The van der Waals surface area contributed by atoms with Crippen LogP contribution in [0.3, 0.4) is 0 Å². The molecule has 0 spiro atoms. The van der Waals surface area contributed by atoms with Gasteiger partial charge in [-0.05, 0) is 73.7 Å². The predicted molar refractivity (Wildman–Crippen MR) is 255 cm³/mol. The lowest BCUT2D eigenvalue weighted by Crippen LogP contribution is -2.61. The molecule has 8 amide bonds. The Morgan fingerprint density at radius 2 is 0.866 bits per heavy atom. The number of amides is 8. The highest BCUT2D eigenvalue weighted by molar-refractivity contribution is 5.98. The average Bonchev–Trinajstić information content (AvgIpc) is 3.22. The van der Waals surface area contributed by atoms with Crippen LogP contribution in [0.15, 0.2) is 30.3 Å². The van der Waals surface area contributed by atoms with E-state index >= 15 is 0 Å². The number of nitrogens with two attached hydrogens (primary N) is 1. The summed E-state index contributed by atoms with van der Waals surface area (Å²) in [6.45, 7) is 22.7. The van der Waals surface area contributed by atoms with Crippen LogP contribution < -0.4 is 48.3 Å². The molecule has 0 fully saturated rings. The highest BCUT2D eigenvalue weighted by Gasteiger charge is 2.35. The second kappa shape index (κ2) is 29.2. The molecular formula is C48H81N9O10. The molecule has 1 rings (SSSR count). The van der Waals surface area contributed by atoms with Gasteiger partial charge >= 0.3 is 5.97 Å². The Bertz CT molecular complexity index is 1800. The van der Waals surface area contributed by atoms with E-state index < -0.39 is 114 Å². The van der Waals surface area contributed by atoms with Crippen molar-refractivity contribution in [1.82, 2.24) is 42.5 Å². The van der Waals surface area contributed by atoms with Crippen molar-refractivity contribution in [3.8, 4) is 0 Å². The summed E-state index contributed by atoms with van der Waals surface area (Å²) in [5, 5.41) is 30.6. The Kier molecular flexibility index (Phi) is 25.9. The molecule has 8 atom stereocenters. The van der Waals surface area contributed by atoms with Crippen molar-refractivity contribution in [3.05, 3.63) is 35.9 Å². The Balaban J connectivity index is 3.32. The minimum atomic E-state index is -1.23. The van der Waals surface area contributed by atoms with Gasteiger partial charge in [0.1, 0.15) is 42.3 Å². The van der Waals surface area contributed by atoms with Crippen LogP contribution in [0.1, 0.15) is 121 Å². The first-order valence-corrected chi connectivity index (χ1v) is 23.5. The van der Waals surface area contributed by atoms with E-state index in [9.17, 15) is 48.3 Å². The van der Waals surface area contributed by atoms with Gasteiger partial charge in [0.05, 0.1) is 12.6 Å². The number of hydrogen-bond donors (Lipinski definition) is 10. The molecule has 0 bridgehead atoms. The molecule has 1 aromatic carbocycles. The van der Waals surface area contributed by atoms with E-state index in [-0.39, 0.29) is 61.7 Å². The summed E-state index contributed by atoms with van der Waals surface area (Å²) in [6.07, 6.45) is 0.831. The van der Waals surface area contributed by atoms with Crippen LogP contribution in [0.25, 0.3) is 0 Å². The fraction of sp³-hybridized carbons (Fsp3) is 0.688. The summed E-state index contributed by atoms with van der Waals surface area (Å²) >= 11 is 0. The molecule has 0 aliphatic heterocycles. The number of rotatable bonds is 29. The van der Waals surface area contributed by atoms with Crippen LogP contribution in [0.5, 0.6) is 0 Å². The molecule has 0 radical (unpaired) electrons. The maximum atomic E-state index is 14.3. The van der Waals surface area contributed by atoms with Crippen LogP contribution in [-0.4, -0.2) is 113 Å². The zero-order valence-electron chi connectivity index (χ0n) is 41.9. The topological polar surface area (TPSA) is 296 Å². The molecular weight excluding hydrogens is 863 g/mol. The zero-order valence-corrected chi connectivity index (χ0v) is 41.9. The van der Waals surface area contributed by atoms with Crippen molar-refractivity contribution < 1.29 is 48.3 Å². The third kappa shape index (κ3) is 22.6. The van der Waals surface area contributed by atoms with Crippen molar-refractivity contribution in [3.63, 3.8) is 0 Å². The van der Waals surface area contributed by atoms with Gasteiger partial charge in [-0.3, -0.25) is 38.4 Å². The maximum Gasteiger partial charge on any atom is 0.326 e. The standard InChI is InChI=1S/C48H81N9O10/c1-25(2)19-33(53-43(61)34(20-26(3)4)56-46(64)39(49)29(9)10)42(60)55-36(23-32-17-15-14-16-18-32)44(62)54-35(21-27(5)6)45(63)57-40(30(11)12)47(65)51-31(13)41(59)50-24-38(58)52-37(48(66)67)22-28(7)8/h14-18,25-31,33-37,39-40H,19-24,49H2,1-13H3,(H,50,59)(H,51,65)(H,52,58)(H,53,61)(H,54,62)(H,55,60)(H,56,64)(H,57,63)(H,66,67)/t31-,33-,34-,35-,36-,37-,39-,40-/m0/s1. The zero-order chi connectivity index (χ0) is 51.3. The first-order chi connectivity index (χ1) is 31.1. The van der Waals surface area contributed by atoms with Crippen molar-refractivity contribution in [2.75, 3.05) is 6.54 Å². The van der Waals surface area contributed by atoms with Gasteiger partial charge in [0, 0.05) is 6.42 Å². The third-order valence-electron chi connectivity index (χ3n) is 10.7. The van der Waals surface area contributed by atoms with Gasteiger partial charge in [-0.15, -0.1) is 0 Å². The first kappa shape index (κ1) is 59.4. The predicted octanol–water partition coefficient (Wildman–Crippen LogP) is 1.67. The van der Waals surface area contributed by atoms with Gasteiger partial charge in [0.15, 0.2) is 0 Å². The summed E-state index contributed by atoms with van der Waals surface area (Å²) in [6, 6.07) is 0.109. The second-order valence-electron chi connectivity index (χ2n) is 19.9. The smallest absolute Gasteiger partial charge is 0.326 e. The number of aliphatic carboxylic acids is 1. The van der Waals surface area contributed by atoms with E-state index in [1.165, 1.54) is 6.92 Å². The molecule has 19 heteroatoms. The van der Waals surface area contributed by atoms with Crippen molar-refractivity contribution in [2.24, 2.45) is 41.2 Å². The fourth-order valence-corrected chi connectivity index (χ4v) is 6.97. The minimum absolute atomic E-state index is 0.00198. The number of carbonyl (C=O) groups is 9. The molecule has 11 N–H and O–H groups in total. The number of carboxylic acids is 1. The molecule has 0 unspecified atom stereocenters. The van der Waals surface area contributed by atoms with E-state index in [0.717, 1.165) is 0 Å². The van der Waals surface area contributed by atoms with Gasteiger partial charge in [0.2, 0.25) is 47.3 Å².